The van der Waals surface area contributed by atoms with E-state index in [4.69, 9.17) is 0 Å². The van der Waals surface area contributed by atoms with Gasteiger partial charge in [0.1, 0.15) is 16.6 Å². The Morgan fingerprint density at radius 1 is 1.33 bits per heavy atom. The molecule has 1 amide bonds. The molecule has 2 aromatic heterocycles. The minimum absolute atomic E-state index is 0.103. The zero-order chi connectivity index (χ0) is 17.1. The molecule has 6 nitrogen and oxygen atoms in total. The van der Waals surface area contributed by atoms with Gasteiger partial charge in [-0.15, -0.1) is 16.4 Å². The summed E-state index contributed by atoms with van der Waals surface area (Å²) in [6, 6.07) is 3.63. The average molecular weight is 349 g/mol. The first-order valence-corrected chi connectivity index (χ1v) is 7.89. The SMILES string of the molecule is CN(Cc1nccs1)C(=O)c1cn(Cc2c(F)cccc2F)nn1. The van der Waals surface area contributed by atoms with Crippen molar-refractivity contribution in [2.24, 2.45) is 0 Å². The second kappa shape index (κ2) is 6.83. The van der Waals surface area contributed by atoms with Gasteiger partial charge in [-0.1, -0.05) is 11.3 Å². The molecule has 0 aliphatic carbocycles. The highest BCUT2D eigenvalue weighted by atomic mass is 32.1. The number of rotatable bonds is 5. The van der Waals surface area contributed by atoms with E-state index in [1.54, 1.807) is 13.2 Å². The Labute approximate surface area is 140 Å². The molecule has 0 saturated heterocycles. The minimum Gasteiger partial charge on any atom is -0.334 e. The second-order valence-corrected chi connectivity index (χ2v) is 6.07. The highest BCUT2D eigenvalue weighted by Gasteiger charge is 2.18. The molecule has 124 valence electrons. The molecule has 0 atom stereocenters. The van der Waals surface area contributed by atoms with Crippen LogP contribution in [0.5, 0.6) is 0 Å². The summed E-state index contributed by atoms with van der Waals surface area (Å²) in [6.07, 6.45) is 3.03. The summed E-state index contributed by atoms with van der Waals surface area (Å²) in [6.45, 7) is 0.209. The Balaban J connectivity index is 1.72. The van der Waals surface area contributed by atoms with Crippen LogP contribution in [0.25, 0.3) is 0 Å². The lowest BCUT2D eigenvalue weighted by molar-refractivity contribution is 0.0779. The van der Waals surface area contributed by atoms with Gasteiger partial charge in [0.2, 0.25) is 0 Å². The Hall–Kier alpha value is -2.68. The normalized spacial score (nSPS) is 10.8. The number of carbonyl (C=O) groups is 1. The molecule has 0 saturated carbocycles. The topological polar surface area (TPSA) is 63.9 Å². The maximum Gasteiger partial charge on any atom is 0.276 e. The van der Waals surface area contributed by atoms with Crippen LogP contribution < -0.4 is 0 Å². The molecule has 2 heterocycles. The zero-order valence-corrected chi connectivity index (χ0v) is 13.5. The summed E-state index contributed by atoms with van der Waals surface area (Å²) in [5.74, 6) is -1.68. The summed E-state index contributed by atoms with van der Waals surface area (Å²) in [5.41, 5.74) is -0.0247. The fraction of sp³-hybridized carbons (Fsp3) is 0.200. The van der Waals surface area contributed by atoms with Crippen molar-refractivity contribution in [2.45, 2.75) is 13.1 Å². The van der Waals surface area contributed by atoms with E-state index in [9.17, 15) is 13.6 Å². The Kier molecular flexibility index (Phi) is 4.61. The first-order chi connectivity index (χ1) is 11.5. The van der Waals surface area contributed by atoms with Crippen LogP contribution in [-0.2, 0) is 13.1 Å². The average Bonchev–Trinajstić information content (AvgIpc) is 3.22. The molecule has 9 heteroatoms. The van der Waals surface area contributed by atoms with Gasteiger partial charge in [-0.05, 0) is 12.1 Å². The lowest BCUT2D eigenvalue weighted by atomic mass is 10.2. The molecule has 1 aromatic carbocycles. The van der Waals surface area contributed by atoms with Crippen LogP contribution in [0.1, 0.15) is 21.1 Å². The van der Waals surface area contributed by atoms with Crippen molar-refractivity contribution in [2.75, 3.05) is 7.05 Å². The summed E-state index contributed by atoms with van der Waals surface area (Å²) >= 11 is 1.44. The Morgan fingerprint density at radius 2 is 2.08 bits per heavy atom. The first-order valence-electron chi connectivity index (χ1n) is 7.01. The van der Waals surface area contributed by atoms with Crippen molar-refractivity contribution in [1.82, 2.24) is 24.9 Å². The van der Waals surface area contributed by atoms with Crippen molar-refractivity contribution in [3.8, 4) is 0 Å². The molecule has 0 aliphatic heterocycles. The number of hydrogen-bond donors (Lipinski definition) is 0. The van der Waals surface area contributed by atoms with Gasteiger partial charge in [-0.2, -0.15) is 0 Å². The van der Waals surface area contributed by atoms with Crippen LogP contribution in [0.3, 0.4) is 0 Å². The largest absolute Gasteiger partial charge is 0.334 e. The van der Waals surface area contributed by atoms with E-state index >= 15 is 0 Å². The zero-order valence-electron chi connectivity index (χ0n) is 12.7. The molecule has 0 aliphatic rings. The standard InChI is InChI=1S/C15H13F2N5OS/c1-21(9-14-18-5-6-24-14)15(23)13-8-22(20-19-13)7-10-11(16)3-2-4-12(10)17/h2-6,8H,7,9H2,1H3. The predicted molar refractivity (Wildman–Crippen MR) is 83.4 cm³/mol. The number of benzene rings is 1. The minimum atomic E-state index is -0.667. The molecule has 3 rings (SSSR count). The van der Waals surface area contributed by atoms with Gasteiger partial charge >= 0.3 is 0 Å². The van der Waals surface area contributed by atoms with E-state index in [1.165, 1.54) is 45.3 Å². The van der Waals surface area contributed by atoms with Gasteiger partial charge in [0.25, 0.3) is 5.91 Å². The quantitative estimate of drug-likeness (QED) is 0.709. The van der Waals surface area contributed by atoms with E-state index in [0.29, 0.717) is 6.54 Å². The van der Waals surface area contributed by atoms with Gasteiger partial charge in [-0.25, -0.2) is 18.4 Å². The molecule has 0 bridgehead atoms. The van der Waals surface area contributed by atoms with Gasteiger partial charge in [-0.3, -0.25) is 4.79 Å². The van der Waals surface area contributed by atoms with Gasteiger partial charge in [0.15, 0.2) is 5.69 Å². The lowest BCUT2D eigenvalue weighted by Crippen LogP contribution is -2.26. The molecular weight excluding hydrogens is 336 g/mol. The van der Waals surface area contributed by atoms with Crippen LogP contribution in [-0.4, -0.2) is 37.8 Å². The van der Waals surface area contributed by atoms with E-state index in [-0.39, 0.29) is 23.7 Å². The molecule has 0 radical (unpaired) electrons. The lowest BCUT2D eigenvalue weighted by Gasteiger charge is -2.13. The number of thiazole rings is 1. The van der Waals surface area contributed by atoms with Crippen molar-refractivity contribution in [3.63, 3.8) is 0 Å². The highest BCUT2D eigenvalue weighted by molar-refractivity contribution is 7.09. The summed E-state index contributed by atoms with van der Waals surface area (Å²) < 4.78 is 28.5. The van der Waals surface area contributed by atoms with E-state index < -0.39 is 11.6 Å². The third-order valence-corrected chi connectivity index (χ3v) is 4.11. The molecule has 24 heavy (non-hydrogen) atoms. The third-order valence-electron chi connectivity index (χ3n) is 3.34. The number of halogens is 2. The molecule has 3 aromatic rings. The first kappa shape index (κ1) is 16.2. The number of carbonyl (C=O) groups excluding carboxylic acids is 1. The summed E-state index contributed by atoms with van der Waals surface area (Å²) in [7, 11) is 1.62. The van der Waals surface area contributed by atoms with Crippen LogP contribution in [0.15, 0.2) is 36.0 Å². The molecular formula is C15H13F2N5OS. The van der Waals surface area contributed by atoms with Crippen LogP contribution in [0.2, 0.25) is 0 Å². The number of hydrogen-bond acceptors (Lipinski definition) is 5. The van der Waals surface area contributed by atoms with Crippen molar-refractivity contribution in [1.29, 1.82) is 0 Å². The van der Waals surface area contributed by atoms with Gasteiger partial charge in [0, 0.05) is 24.2 Å². The fourth-order valence-electron chi connectivity index (χ4n) is 2.12. The van der Waals surface area contributed by atoms with E-state index in [1.807, 2.05) is 5.38 Å². The maximum absolute atomic E-state index is 13.7. The molecule has 0 spiro atoms. The van der Waals surface area contributed by atoms with Gasteiger partial charge in [0.05, 0.1) is 19.3 Å². The smallest absolute Gasteiger partial charge is 0.276 e. The Bertz CT molecular complexity index is 829. The second-order valence-electron chi connectivity index (χ2n) is 5.09. The highest BCUT2D eigenvalue weighted by Crippen LogP contribution is 2.14. The summed E-state index contributed by atoms with van der Waals surface area (Å²) in [5, 5.41) is 10.2. The van der Waals surface area contributed by atoms with Crippen molar-refractivity contribution < 1.29 is 13.6 Å². The number of amides is 1. The van der Waals surface area contributed by atoms with E-state index in [2.05, 4.69) is 15.3 Å². The third kappa shape index (κ3) is 3.46. The van der Waals surface area contributed by atoms with Crippen LogP contribution in [0, 0.1) is 11.6 Å². The van der Waals surface area contributed by atoms with Crippen LogP contribution in [0.4, 0.5) is 8.78 Å². The van der Waals surface area contributed by atoms with Crippen LogP contribution >= 0.6 is 11.3 Å². The van der Waals surface area contributed by atoms with E-state index in [0.717, 1.165) is 5.01 Å². The van der Waals surface area contributed by atoms with Crippen molar-refractivity contribution >= 4 is 17.2 Å². The Morgan fingerprint density at radius 3 is 2.75 bits per heavy atom. The number of nitrogens with zero attached hydrogens (tertiary/aromatic N) is 5. The fourth-order valence-corrected chi connectivity index (χ4v) is 2.79. The molecule has 0 fully saturated rings. The molecule has 0 unspecified atom stereocenters. The van der Waals surface area contributed by atoms with Gasteiger partial charge < -0.3 is 4.90 Å². The van der Waals surface area contributed by atoms with Crippen molar-refractivity contribution in [3.05, 3.63) is 63.9 Å². The summed E-state index contributed by atoms with van der Waals surface area (Å²) in [4.78, 5) is 17.9. The molecule has 0 N–H and O–H groups in total. The monoisotopic (exact) mass is 349 g/mol. The maximum atomic E-state index is 13.7. The number of aromatic nitrogens is 4. The predicted octanol–water partition coefficient (Wildman–Crippen LogP) is 2.33.